The monoisotopic (exact) mass is 314 g/mol. The zero-order chi connectivity index (χ0) is 15.5. The molecule has 0 radical (unpaired) electrons. The lowest BCUT2D eigenvalue weighted by molar-refractivity contribution is -0.139. The summed E-state index contributed by atoms with van der Waals surface area (Å²) >= 11 is 1.44. The summed E-state index contributed by atoms with van der Waals surface area (Å²) in [5.41, 5.74) is 1.11. The fourth-order valence-electron chi connectivity index (χ4n) is 2.60. The number of carbonyl (C=O) groups is 2. The van der Waals surface area contributed by atoms with Gasteiger partial charge in [0.05, 0.1) is 10.8 Å². The van der Waals surface area contributed by atoms with E-state index in [1.165, 1.54) is 11.3 Å². The lowest BCUT2D eigenvalue weighted by atomic mass is 9.98. The summed E-state index contributed by atoms with van der Waals surface area (Å²) in [6.07, 6.45) is 0. The number of carbonyl (C=O) groups excluding carboxylic acids is 2. The molecule has 4 nitrogen and oxygen atoms in total. The van der Waals surface area contributed by atoms with Gasteiger partial charge in [0.25, 0.3) is 5.91 Å². The van der Waals surface area contributed by atoms with Crippen molar-refractivity contribution in [1.82, 2.24) is 9.80 Å². The van der Waals surface area contributed by atoms with E-state index < -0.39 is 0 Å². The first kappa shape index (κ1) is 14.8. The Morgan fingerprint density at radius 3 is 2.55 bits per heavy atom. The van der Waals surface area contributed by atoms with Gasteiger partial charge in [0.2, 0.25) is 5.91 Å². The third-order valence-corrected chi connectivity index (χ3v) is 4.75. The van der Waals surface area contributed by atoms with Gasteiger partial charge in [-0.1, -0.05) is 36.4 Å². The zero-order valence-corrected chi connectivity index (χ0v) is 13.3. The average Bonchev–Trinajstić information content (AvgIpc) is 3.00. The topological polar surface area (TPSA) is 40.6 Å². The molecule has 0 unspecified atom stereocenters. The largest absolute Gasteiger partial charge is 0.341 e. The van der Waals surface area contributed by atoms with Crippen molar-refractivity contribution in [2.24, 2.45) is 5.92 Å². The molecule has 0 bridgehead atoms. The number of hydrogen-bond acceptors (Lipinski definition) is 3. The van der Waals surface area contributed by atoms with Gasteiger partial charge >= 0.3 is 0 Å². The minimum atomic E-state index is -0.0716. The molecule has 22 heavy (non-hydrogen) atoms. The van der Waals surface area contributed by atoms with Crippen LogP contribution >= 0.6 is 11.3 Å². The molecule has 0 aliphatic carbocycles. The normalized spacial score (nSPS) is 14.5. The van der Waals surface area contributed by atoms with Crippen LogP contribution in [0.15, 0.2) is 47.8 Å². The third-order valence-electron chi connectivity index (χ3n) is 3.89. The molecule has 0 atom stereocenters. The van der Waals surface area contributed by atoms with E-state index in [1.54, 1.807) is 9.80 Å². The summed E-state index contributed by atoms with van der Waals surface area (Å²) in [6.45, 7) is 1.65. The summed E-state index contributed by atoms with van der Waals surface area (Å²) in [5, 5.41) is 1.89. The number of thiophene rings is 1. The smallest absolute Gasteiger partial charge is 0.263 e. The molecule has 2 aromatic rings. The van der Waals surface area contributed by atoms with Gasteiger partial charge in [-0.2, -0.15) is 0 Å². The molecule has 2 amide bonds. The van der Waals surface area contributed by atoms with Gasteiger partial charge in [0, 0.05) is 26.7 Å². The second-order valence-corrected chi connectivity index (χ2v) is 6.51. The second kappa shape index (κ2) is 6.32. The fourth-order valence-corrected chi connectivity index (χ4v) is 3.29. The van der Waals surface area contributed by atoms with E-state index >= 15 is 0 Å². The molecular weight excluding hydrogens is 296 g/mol. The van der Waals surface area contributed by atoms with Crippen LogP contribution < -0.4 is 0 Å². The fraction of sp³-hybridized carbons (Fsp3) is 0.294. The van der Waals surface area contributed by atoms with Crippen molar-refractivity contribution in [1.29, 1.82) is 0 Å². The van der Waals surface area contributed by atoms with Gasteiger partial charge in [0.1, 0.15) is 0 Å². The van der Waals surface area contributed by atoms with Crippen LogP contribution in [0, 0.1) is 5.92 Å². The highest BCUT2D eigenvalue weighted by molar-refractivity contribution is 7.12. The van der Waals surface area contributed by atoms with Gasteiger partial charge < -0.3 is 9.80 Å². The van der Waals surface area contributed by atoms with Crippen molar-refractivity contribution in [2.75, 3.05) is 20.1 Å². The molecule has 5 heteroatoms. The first-order valence-corrected chi connectivity index (χ1v) is 8.15. The Labute approximate surface area is 134 Å². The van der Waals surface area contributed by atoms with Crippen LogP contribution in [0.2, 0.25) is 0 Å². The Balaban J connectivity index is 1.52. The van der Waals surface area contributed by atoms with Crippen molar-refractivity contribution in [3.8, 4) is 0 Å². The van der Waals surface area contributed by atoms with E-state index in [0.29, 0.717) is 19.6 Å². The van der Waals surface area contributed by atoms with E-state index in [2.05, 4.69) is 0 Å². The first-order chi connectivity index (χ1) is 10.6. The standard InChI is InChI=1S/C17H18N2O2S/c1-18(10-13-6-3-2-4-7-13)16(20)14-11-19(12-14)17(21)15-8-5-9-22-15/h2-9,14H,10-12H2,1H3. The molecule has 1 aromatic heterocycles. The molecule has 1 aromatic carbocycles. The van der Waals surface area contributed by atoms with Gasteiger partial charge in [-0.05, 0) is 17.0 Å². The molecule has 0 spiro atoms. The summed E-state index contributed by atoms with van der Waals surface area (Å²) < 4.78 is 0. The van der Waals surface area contributed by atoms with Crippen LogP contribution in [-0.2, 0) is 11.3 Å². The van der Waals surface area contributed by atoms with Gasteiger partial charge in [0.15, 0.2) is 0 Å². The highest BCUT2D eigenvalue weighted by Crippen LogP contribution is 2.22. The minimum Gasteiger partial charge on any atom is -0.341 e. The number of amides is 2. The van der Waals surface area contributed by atoms with Crippen molar-refractivity contribution in [3.63, 3.8) is 0 Å². The summed E-state index contributed by atoms with van der Waals surface area (Å²) in [6, 6.07) is 13.6. The van der Waals surface area contributed by atoms with Crippen molar-refractivity contribution >= 4 is 23.2 Å². The van der Waals surface area contributed by atoms with E-state index in [9.17, 15) is 9.59 Å². The summed E-state index contributed by atoms with van der Waals surface area (Å²) in [5.74, 6) is 0.0708. The first-order valence-electron chi connectivity index (χ1n) is 7.27. The van der Waals surface area contributed by atoms with Crippen molar-refractivity contribution in [3.05, 3.63) is 58.3 Å². The highest BCUT2D eigenvalue weighted by atomic mass is 32.1. The molecule has 3 rings (SSSR count). The molecule has 1 aliphatic rings. The molecule has 0 saturated carbocycles. The molecule has 1 fully saturated rings. The number of likely N-dealkylation sites (tertiary alicyclic amines) is 1. The maximum Gasteiger partial charge on any atom is 0.263 e. The number of benzene rings is 1. The number of nitrogens with zero attached hydrogens (tertiary/aromatic N) is 2. The van der Waals surface area contributed by atoms with Crippen LogP contribution in [0.3, 0.4) is 0 Å². The number of rotatable bonds is 4. The van der Waals surface area contributed by atoms with E-state index in [4.69, 9.17) is 0 Å². The molecule has 1 aliphatic heterocycles. The van der Waals surface area contributed by atoms with Crippen LogP contribution in [0.4, 0.5) is 0 Å². The molecule has 2 heterocycles. The highest BCUT2D eigenvalue weighted by Gasteiger charge is 2.37. The molecule has 114 valence electrons. The van der Waals surface area contributed by atoms with E-state index in [0.717, 1.165) is 10.4 Å². The predicted octanol–water partition coefficient (Wildman–Crippen LogP) is 2.48. The lowest BCUT2D eigenvalue weighted by Crippen LogP contribution is -2.55. The Morgan fingerprint density at radius 2 is 1.91 bits per heavy atom. The van der Waals surface area contributed by atoms with Crippen LogP contribution in [0.25, 0.3) is 0 Å². The lowest BCUT2D eigenvalue weighted by Gasteiger charge is -2.39. The molecular formula is C17H18N2O2S. The van der Waals surface area contributed by atoms with Gasteiger partial charge in [-0.3, -0.25) is 9.59 Å². The Bertz CT molecular complexity index is 649. The molecule has 0 N–H and O–H groups in total. The zero-order valence-electron chi connectivity index (χ0n) is 12.4. The Morgan fingerprint density at radius 1 is 1.18 bits per heavy atom. The Kier molecular flexibility index (Phi) is 4.24. The van der Waals surface area contributed by atoms with E-state index in [1.807, 2.05) is 54.9 Å². The second-order valence-electron chi connectivity index (χ2n) is 5.56. The van der Waals surface area contributed by atoms with Crippen molar-refractivity contribution in [2.45, 2.75) is 6.54 Å². The van der Waals surface area contributed by atoms with Crippen LogP contribution in [0.1, 0.15) is 15.2 Å². The maximum absolute atomic E-state index is 12.4. The summed E-state index contributed by atoms with van der Waals surface area (Å²) in [4.78, 5) is 28.7. The van der Waals surface area contributed by atoms with Crippen LogP contribution in [-0.4, -0.2) is 41.8 Å². The van der Waals surface area contributed by atoms with Crippen LogP contribution in [0.5, 0.6) is 0 Å². The molecule has 1 saturated heterocycles. The quantitative estimate of drug-likeness (QED) is 0.870. The average molecular weight is 314 g/mol. The Hall–Kier alpha value is -2.14. The third kappa shape index (κ3) is 3.04. The summed E-state index contributed by atoms with van der Waals surface area (Å²) in [7, 11) is 1.82. The van der Waals surface area contributed by atoms with Crippen molar-refractivity contribution < 1.29 is 9.59 Å². The van der Waals surface area contributed by atoms with Gasteiger partial charge in [-0.15, -0.1) is 11.3 Å². The maximum atomic E-state index is 12.4. The predicted molar refractivity (Wildman–Crippen MR) is 86.6 cm³/mol. The minimum absolute atomic E-state index is 0.0322. The number of hydrogen-bond donors (Lipinski definition) is 0. The van der Waals surface area contributed by atoms with Gasteiger partial charge in [-0.25, -0.2) is 0 Å². The SMILES string of the molecule is CN(Cc1ccccc1)C(=O)C1CN(C(=O)c2cccs2)C1. The van der Waals surface area contributed by atoms with E-state index in [-0.39, 0.29) is 17.7 Å².